The summed E-state index contributed by atoms with van der Waals surface area (Å²) in [6, 6.07) is 1.97. The number of nitrogens with zero attached hydrogens (tertiary/aromatic N) is 3. The lowest BCUT2D eigenvalue weighted by atomic mass is 9.82. The van der Waals surface area contributed by atoms with E-state index < -0.39 is 0 Å². The van der Waals surface area contributed by atoms with Gasteiger partial charge in [0.15, 0.2) is 5.82 Å². The van der Waals surface area contributed by atoms with Gasteiger partial charge >= 0.3 is 0 Å². The van der Waals surface area contributed by atoms with Crippen LogP contribution in [0.3, 0.4) is 0 Å². The van der Waals surface area contributed by atoms with Gasteiger partial charge in [0.25, 0.3) is 0 Å². The van der Waals surface area contributed by atoms with Crippen LogP contribution < -0.4 is 5.32 Å². The molecule has 1 N–H and O–H groups in total. The van der Waals surface area contributed by atoms with E-state index in [1.54, 1.807) is 6.20 Å². The maximum atomic E-state index is 4.72. The number of imidazole rings is 1. The molecule has 2 aromatic rings. The van der Waals surface area contributed by atoms with Crippen molar-refractivity contribution in [1.29, 1.82) is 0 Å². The van der Waals surface area contributed by atoms with E-state index in [1.165, 1.54) is 12.1 Å². The summed E-state index contributed by atoms with van der Waals surface area (Å²) in [5.74, 6) is 1.77. The van der Waals surface area contributed by atoms with Crippen molar-refractivity contribution in [1.82, 2.24) is 14.4 Å². The van der Waals surface area contributed by atoms with Crippen LogP contribution in [0.5, 0.6) is 0 Å². The van der Waals surface area contributed by atoms with Gasteiger partial charge in [-0.25, -0.2) is 4.98 Å². The standard InChI is InChI=1S/C18H30N4/c1-7-8-10-14-15(20-16-19-11-9-12-22(14)16)21-18(5,6)13-17(2,3)4/h9,11-12,21H,7-8,10,13H2,1-6H3. The summed E-state index contributed by atoms with van der Waals surface area (Å²) in [7, 11) is 0. The van der Waals surface area contributed by atoms with Crippen LogP contribution in [0.25, 0.3) is 5.78 Å². The molecule has 0 fully saturated rings. The lowest BCUT2D eigenvalue weighted by molar-refractivity contribution is 0.302. The largest absolute Gasteiger partial charge is 0.364 e. The van der Waals surface area contributed by atoms with Crippen LogP contribution in [-0.2, 0) is 6.42 Å². The first-order chi connectivity index (χ1) is 10.2. The van der Waals surface area contributed by atoms with E-state index in [0.717, 1.165) is 30.9 Å². The van der Waals surface area contributed by atoms with E-state index in [1.807, 2.05) is 6.07 Å². The summed E-state index contributed by atoms with van der Waals surface area (Å²) in [5.41, 5.74) is 1.51. The molecular formula is C18H30N4. The van der Waals surface area contributed by atoms with Crippen LogP contribution in [0.4, 0.5) is 5.82 Å². The Bertz CT molecular complexity index is 620. The molecule has 0 bridgehead atoms. The molecule has 122 valence electrons. The van der Waals surface area contributed by atoms with Gasteiger partial charge in [-0.15, -0.1) is 0 Å². The van der Waals surface area contributed by atoms with Gasteiger partial charge in [-0.2, -0.15) is 4.98 Å². The van der Waals surface area contributed by atoms with Crippen molar-refractivity contribution in [3.63, 3.8) is 0 Å². The van der Waals surface area contributed by atoms with Gasteiger partial charge in [0.2, 0.25) is 5.78 Å². The molecular weight excluding hydrogens is 272 g/mol. The number of anilines is 1. The van der Waals surface area contributed by atoms with Crippen LogP contribution in [0, 0.1) is 5.41 Å². The van der Waals surface area contributed by atoms with Crippen LogP contribution in [0.2, 0.25) is 0 Å². The Morgan fingerprint density at radius 3 is 2.55 bits per heavy atom. The lowest BCUT2D eigenvalue weighted by Gasteiger charge is -2.33. The molecule has 0 spiro atoms. The topological polar surface area (TPSA) is 42.2 Å². The van der Waals surface area contributed by atoms with E-state index in [9.17, 15) is 0 Å². The fourth-order valence-electron chi connectivity index (χ4n) is 3.31. The Morgan fingerprint density at radius 2 is 1.91 bits per heavy atom. The van der Waals surface area contributed by atoms with Gasteiger partial charge in [0.1, 0.15) is 0 Å². The molecule has 4 heteroatoms. The molecule has 4 nitrogen and oxygen atoms in total. The number of aromatic nitrogens is 3. The minimum absolute atomic E-state index is 0.00283. The average molecular weight is 302 g/mol. The van der Waals surface area contributed by atoms with E-state index in [-0.39, 0.29) is 11.0 Å². The van der Waals surface area contributed by atoms with Crippen LogP contribution >= 0.6 is 0 Å². The minimum atomic E-state index is -0.00283. The van der Waals surface area contributed by atoms with Gasteiger partial charge < -0.3 is 5.32 Å². The molecule has 0 amide bonds. The zero-order valence-corrected chi connectivity index (χ0v) is 14.9. The van der Waals surface area contributed by atoms with Gasteiger partial charge in [-0.1, -0.05) is 34.1 Å². The predicted octanol–water partition coefficient (Wildman–Crippen LogP) is 4.70. The number of hydrogen-bond donors (Lipinski definition) is 1. The summed E-state index contributed by atoms with van der Waals surface area (Å²) in [5, 5.41) is 3.67. The molecule has 0 saturated carbocycles. The van der Waals surface area contributed by atoms with E-state index >= 15 is 0 Å². The van der Waals surface area contributed by atoms with Crippen LogP contribution in [0.1, 0.15) is 66.5 Å². The first-order valence-electron chi connectivity index (χ1n) is 8.32. The fraction of sp³-hybridized carbons (Fsp3) is 0.667. The van der Waals surface area contributed by atoms with Crippen LogP contribution in [-0.4, -0.2) is 19.9 Å². The van der Waals surface area contributed by atoms with E-state index in [2.05, 4.69) is 62.4 Å². The van der Waals surface area contributed by atoms with Crippen molar-refractivity contribution in [2.45, 2.75) is 72.8 Å². The first kappa shape index (κ1) is 16.8. The molecule has 2 rings (SSSR count). The van der Waals surface area contributed by atoms with Crippen LogP contribution in [0.15, 0.2) is 18.5 Å². The van der Waals surface area contributed by atoms with Crippen molar-refractivity contribution < 1.29 is 0 Å². The zero-order chi connectivity index (χ0) is 16.4. The first-order valence-corrected chi connectivity index (χ1v) is 8.32. The van der Waals surface area contributed by atoms with Crippen molar-refractivity contribution in [2.24, 2.45) is 5.41 Å². The Balaban J connectivity index is 2.33. The third-order valence-electron chi connectivity index (χ3n) is 3.70. The fourth-order valence-corrected chi connectivity index (χ4v) is 3.31. The average Bonchev–Trinajstić information content (AvgIpc) is 2.69. The maximum absolute atomic E-state index is 4.72. The lowest BCUT2D eigenvalue weighted by Crippen LogP contribution is -2.35. The molecule has 0 aliphatic carbocycles. The Labute approximate surface area is 134 Å². The number of hydrogen-bond acceptors (Lipinski definition) is 3. The number of rotatable bonds is 6. The predicted molar refractivity (Wildman–Crippen MR) is 93.4 cm³/mol. The zero-order valence-electron chi connectivity index (χ0n) is 14.9. The summed E-state index contributed by atoms with van der Waals surface area (Å²) in [4.78, 5) is 9.11. The van der Waals surface area contributed by atoms with E-state index in [4.69, 9.17) is 4.98 Å². The minimum Gasteiger partial charge on any atom is -0.364 e. The molecule has 0 atom stereocenters. The SMILES string of the molecule is CCCCc1c(NC(C)(C)CC(C)(C)C)nc2ncccn12. The normalized spacial score (nSPS) is 12.8. The van der Waals surface area contributed by atoms with Crippen molar-refractivity contribution in [3.8, 4) is 0 Å². The third kappa shape index (κ3) is 4.21. The number of fused-ring (bicyclic) bond motifs is 1. The quantitative estimate of drug-likeness (QED) is 0.841. The molecule has 2 heterocycles. The summed E-state index contributed by atoms with van der Waals surface area (Å²) < 4.78 is 2.12. The molecule has 0 aromatic carbocycles. The second-order valence-corrected chi connectivity index (χ2v) is 8.05. The molecule has 0 saturated heterocycles. The van der Waals surface area contributed by atoms with Crippen molar-refractivity contribution in [3.05, 3.63) is 24.2 Å². The molecule has 2 aromatic heterocycles. The van der Waals surface area contributed by atoms with Gasteiger partial charge in [0.05, 0.1) is 5.69 Å². The second kappa shape index (κ2) is 6.27. The van der Waals surface area contributed by atoms with Gasteiger partial charge in [-0.3, -0.25) is 4.40 Å². The molecule has 22 heavy (non-hydrogen) atoms. The third-order valence-corrected chi connectivity index (χ3v) is 3.70. The smallest absolute Gasteiger partial charge is 0.235 e. The molecule has 0 aliphatic heterocycles. The summed E-state index contributed by atoms with van der Waals surface area (Å²) >= 11 is 0. The summed E-state index contributed by atoms with van der Waals surface area (Å²) in [6.07, 6.45) is 8.31. The summed E-state index contributed by atoms with van der Waals surface area (Å²) in [6.45, 7) is 13.6. The van der Waals surface area contributed by atoms with E-state index in [0.29, 0.717) is 0 Å². The monoisotopic (exact) mass is 302 g/mol. The highest BCUT2D eigenvalue weighted by Crippen LogP contribution is 2.31. The highest BCUT2D eigenvalue weighted by molar-refractivity contribution is 5.52. The molecule has 0 unspecified atom stereocenters. The highest BCUT2D eigenvalue weighted by Gasteiger charge is 2.27. The number of unbranched alkanes of at least 4 members (excludes halogenated alkanes) is 1. The Kier molecular flexibility index (Phi) is 4.78. The number of aryl methyl sites for hydroxylation is 1. The Hall–Kier alpha value is -1.58. The molecule has 0 radical (unpaired) electrons. The van der Waals surface area contributed by atoms with Gasteiger partial charge in [0, 0.05) is 17.9 Å². The second-order valence-electron chi connectivity index (χ2n) is 8.05. The van der Waals surface area contributed by atoms with Gasteiger partial charge in [-0.05, 0) is 44.6 Å². The Morgan fingerprint density at radius 1 is 1.18 bits per heavy atom. The number of nitrogens with one attached hydrogen (secondary N) is 1. The van der Waals surface area contributed by atoms with Crippen molar-refractivity contribution in [2.75, 3.05) is 5.32 Å². The van der Waals surface area contributed by atoms with Crippen molar-refractivity contribution >= 4 is 11.6 Å². The maximum Gasteiger partial charge on any atom is 0.235 e. The molecule has 0 aliphatic rings. The highest BCUT2D eigenvalue weighted by atomic mass is 15.2.